The minimum Gasteiger partial charge on any atom is -0.362 e. The first-order chi connectivity index (χ1) is 8.63. The summed E-state index contributed by atoms with van der Waals surface area (Å²) in [6.07, 6.45) is 1.08. The third-order valence-electron chi connectivity index (χ3n) is 2.61. The number of fused-ring (bicyclic) bond motifs is 1. The molecule has 2 aromatic heterocycles. The molecule has 0 saturated carbocycles. The molecule has 2 rings (SSSR count). The van der Waals surface area contributed by atoms with Gasteiger partial charge in [0.15, 0.2) is 0 Å². The van der Waals surface area contributed by atoms with E-state index in [0.717, 1.165) is 11.1 Å². The number of nitriles is 1. The Bertz CT molecular complexity index is 653. The molecule has 0 spiro atoms. The smallest absolute Gasteiger partial charge is 0.271 e. The van der Waals surface area contributed by atoms with E-state index in [1.807, 2.05) is 18.4 Å². The lowest BCUT2D eigenvalue weighted by atomic mass is 10.3. The molecule has 0 fully saturated rings. The number of aromatic nitrogens is 2. The molecular formula is C12H13N3O2S. The summed E-state index contributed by atoms with van der Waals surface area (Å²) in [6.45, 7) is 4.34. The molecule has 0 bridgehead atoms. The minimum absolute atomic E-state index is 0.0497. The predicted molar refractivity (Wildman–Crippen MR) is 69.6 cm³/mol. The quantitative estimate of drug-likeness (QED) is 0.842. The van der Waals surface area contributed by atoms with Crippen LogP contribution in [0.4, 0.5) is 0 Å². The molecule has 1 unspecified atom stereocenters. The van der Waals surface area contributed by atoms with Crippen LogP contribution in [0.15, 0.2) is 16.5 Å². The van der Waals surface area contributed by atoms with E-state index in [9.17, 15) is 4.79 Å². The van der Waals surface area contributed by atoms with E-state index in [0.29, 0.717) is 17.9 Å². The maximum Gasteiger partial charge on any atom is 0.271 e. The number of rotatable bonds is 4. The van der Waals surface area contributed by atoms with E-state index < -0.39 is 6.10 Å². The molecule has 2 heterocycles. The van der Waals surface area contributed by atoms with Crippen LogP contribution in [0.5, 0.6) is 0 Å². The number of hydrogen-bond donors (Lipinski definition) is 0. The maximum atomic E-state index is 12.1. The SMILES string of the molecule is Cc1csc2c(=O)n(CCOC(C)C#N)cnc12. The summed E-state index contributed by atoms with van der Waals surface area (Å²) >= 11 is 1.41. The van der Waals surface area contributed by atoms with Gasteiger partial charge in [0.1, 0.15) is 10.8 Å². The lowest BCUT2D eigenvalue weighted by Crippen LogP contribution is -2.23. The number of nitrogens with zero attached hydrogens (tertiary/aromatic N) is 3. The van der Waals surface area contributed by atoms with Crippen LogP contribution >= 0.6 is 11.3 Å². The first kappa shape index (κ1) is 12.7. The van der Waals surface area contributed by atoms with Gasteiger partial charge in [0.25, 0.3) is 5.56 Å². The molecule has 0 aliphatic carbocycles. The lowest BCUT2D eigenvalue weighted by Gasteiger charge is -2.07. The van der Waals surface area contributed by atoms with Crippen LogP contribution in [-0.2, 0) is 11.3 Å². The molecule has 0 aromatic carbocycles. The summed E-state index contributed by atoms with van der Waals surface area (Å²) in [6, 6.07) is 1.98. The van der Waals surface area contributed by atoms with Gasteiger partial charge in [0.05, 0.1) is 31.1 Å². The van der Waals surface area contributed by atoms with Crippen LogP contribution in [0, 0.1) is 18.3 Å². The number of ether oxygens (including phenoxy) is 1. The molecule has 6 heteroatoms. The zero-order chi connectivity index (χ0) is 13.1. The Morgan fingerprint density at radius 3 is 3.17 bits per heavy atom. The van der Waals surface area contributed by atoms with Crippen LogP contribution in [0.25, 0.3) is 10.2 Å². The van der Waals surface area contributed by atoms with E-state index >= 15 is 0 Å². The third-order valence-corrected chi connectivity index (χ3v) is 3.68. The molecule has 94 valence electrons. The molecule has 1 atom stereocenters. The summed E-state index contributed by atoms with van der Waals surface area (Å²) < 4.78 is 7.41. The normalized spacial score (nSPS) is 12.5. The second kappa shape index (κ2) is 5.29. The summed E-state index contributed by atoms with van der Waals surface area (Å²) in [5.41, 5.74) is 1.74. The van der Waals surface area contributed by atoms with Crippen LogP contribution in [0.3, 0.4) is 0 Å². The Balaban J connectivity index is 2.18. The van der Waals surface area contributed by atoms with Crippen molar-refractivity contribution in [2.75, 3.05) is 6.61 Å². The zero-order valence-corrected chi connectivity index (χ0v) is 11.0. The van der Waals surface area contributed by atoms with Crippen molar-refractivity contribution < 1.29 is 4.74 Å². The van der Waals surface area contributed by atoms with Crippen molar-refractivity contribution in [1.82, 2.24) is 9.55 Å². The molecule has 0 aliphatic rings. The Morgan fingerprint density at radius 1 is 1.67 bits per heavy atom. The average molecular weight is 263 g/mol. The highest BCUT2D eigenvalue weighted by atomic mass is 32.1. The van der Waals surface area contributed by atoms with Crippen molar-refractivity contribution in [3.05, 3.63) is 27.6 Å². The van der Waals surface area contributed by atoms with E-state index in [1.165, 1.54) is 22.2 Å². The summed E-state index contributed by atoms with van der Waals surface area (Å²) in [5, 5.41) is 10.5. The van der Waals surface area contributed by atoms with Crippen molar-refractivity contribution >= 4 is 21.6 Å². The summed E-state index contributed by atoms with van der Waals surface area (Å²) in [4.78, 5) is 16.4. The van der Waals surface area contributed by atoms with Gasteiger partial charge in [-0.3, -0.25) is 9.36 Å². The third kappa shape index (κ3) is 2.42. The van der Waals surface area contributed by atoms with Gasteiger partial charge >= 0.3 is 0 Å². The van der Waals surface area contributed by atoms with Crippen LogP contribution in [-0.4, -0.2) is 22.3 Å². The highest BCUT2D eigenvalue weighted by Crippen LogP contribution is 2.19. The molecule has 0 N–H and O–H groups in total. The largest absolute Gasteiger partial charge is 0.362 e. The van der Waals surface area contributed by atoms with Gasteiger partial charge in [0, 0.05) is 0 Å². The Morgan fingerprint density at radius 2 is 2.44 bits per heavy atom. The highest BCUT2D eigenvalue weighted by molar-refractivity contribution is 7.17. The second-order valence-corrected chi connectivity index (χ2v) is 4.86. The van der Waals surface area contributed by atoms with Crippen LogP contribution < -0.4 is 5.56 Å². The molecule has 18 heavy (non-hydrogen) atoms. The van der Waals surface area contributed by atoms with Gasteiger partial charge in [0.2, 0.25) is 0 Å². The molecule has 0 saturated heterocycles. The Hall–Kier alpha value is -1.71. The van der Waals surface area contributed by atoms with Gasteiger partial charge in [-0.1, -0.05) is 0 Å². The van der Waals surface area contributed by atoms with Gasteiger partial charge in [-0.15, -0.1) is 11.3 Å². The predicted octanol–water partition coefficient (Wildman–Crippen LogP) is 1.70. The van der Waals surface area contributed by atoms with Crippen molar-refractivity contribution in [1.29, 1.82) is 5.26 Å². The topological polar surface area (TPSA) is 67.9 Å². The van der Waals surface area contributed by atoms with Crippen molar-refractivity contribution in [2.24, 2.45) is 0 Å². The monoisotopic (exact) mass is 263 g/mol. The Kier molecular flexibility index (Phi) is 3.75. The zero-order valence-electron chi connectivity index (χ0n) is 10.2. The maximum absolute atomic E-state index is 12.1. The summed E-state index contributed by atoms with van der Waals surface area (Å²) in [5.74, 6) is 0. The number of hydrogen-bond acceptors (Lipinski definition) is 5. The first-order valence-corrected chi connectivity index (χ1v) is 6.46. The first-order valence-electron chi connectivity index (χ1n) is 5.58. The van der Waals surface area contributed by atoms with E-state index in [1.54, 1.807) is 6.92 Å². The van der Waals surface area contributed by atoms with Crippen molar-refractivity contribution in [3.8, 4) is 6.07 Å². The van der Waals surface area contributed by atoms with E-state index in [-0.39, 0.29) is 5.56 Å². The van der Waals surface area contributed by atoms with Gasteiger partial charge in [-0.25, -0.2) is 4.98 Å². The van der Waals surface area contributed by atoms with Crippen molar-refractivity contribution in [3.63, 3.8) is 0 Å². The fourth-order valence-corrected chi connectivity index (χ4v) is 2.53. The van der Waals surface area contributed by atoms with Crippen LogP contribution in [0.1, 0.15) is 12.5 Å². The minimum atomic E-state index is -0.457. The standard InChI is InChI=1S/C12H13N3O2S/c1-8-6-18-11-10(8)14-7-15(12(11)16)3-4-17-9(2)5-13/h6-7,9H,3-4H2,1-2H3. The van der Waals surface area contributed by atoms with Gasteiger partial charge < -0.3 is 4.74 Å². The Labute approximate surface area is 108 Å². The number of aryl methyl sites for hydroxylation is 1. The number of thiophene rings is 1. The van der Waals surface area contributed by atoms with Crippen molar-refractivity contribution in [2.45, 2.75) is 26.5 Å². The second-order valence-electron chi connectivity index (χ2n) is 3.98. The lowest BCUT2D eigenvalue weighted by molar-refractivity contribution is 0.0946. The van der Waals surface area contributed by atoms with Crippen LogP contribution in [0.2, 0.25) is 0 Å². The fraction of sp³-hybridized carbons (Fsp3) is 0.417. The molecule has 0 aliphatic heterocycles. The average Bonchev–Trinajstić information content (AvgIpc) is 2.74. The van der Waals surface area contributed by atoms with Gasteiger partial charge in [-0.2, -0.15) is 5.26 Å². The summed E-state index contributed by atoms with van der Waals surface area (Å²) in [7, 11) is 0. The molecule has 5 nitrogen and oxygen atoms in total. The fourth-order valence-electron chi connectivity index (χ4n) is 1.58. The van der Waals surface area contributed by atoms with E-state index in [4.69, 9.17) is 10.00 Å². The molecular weight excluding hydrogens is 250 g/mol. The molecule has 0 radical (unpaired) electrons. The molecule has 2 aromatic rings. The highest BCUT2D eigenvalue weighted by Gasteiger charge is 2.08. The van der Waals surface area contributed by atoms with E-state index in [2.05, 4.69) is 4.98 Å². The molecule has 0 amide bonds. The van der Waals surface area contributed by atoms with Gasteiger partial charge in [-0.05, 0) is 24.8 Å².